The average Bonchev–Trinajstić information content (AvgIpc) is 2.13. The van der Waals surface area contributed by atoms with Crippen LogP contribution in [0.15, 0.2) is 18.2 Å². The van der Waals surface area contributed by atoms with Gasteiger partial charge in [0.15, 0.2) is 0 Å². The summed E-state index contributed by atoms with van der Waals surface area (Å²) in [6, 6.07) is 4.82. The van der Waals surface area contributed by atoms with Gasteiger partial charge in [0.05, 0.1) is 0 Å². The molecule has 2 rings (SSSR count). The molecule has 1 fully saturated rings. The number of nitrogens with zero attached hydrogens (tertiary/aromatic N) is 1. The molecular formula is C11H12Cl2FN. The van der Waals surface area contributed by atoms with Crippen LogP contribution in [0, 0.1) is 11.7 Å². The second-order valence-corrected chi connectivity index (χ2v) is 4.70. The van der Waals surface area contributed by atoms with Gasteiger partial charge in [-0.1, -0.05) is 17.7 Å². The maximum atomic E-state index is 13.4. The van der Waals surface area contributed by atoms with Crippen LogP contribution in [0.4, 0.5) is 4.39 Å². The van der Waals surface area contributed by atoms with E-state index in [0.717, 1.165) is 13.1 Å². The van der Waals surface area contributed by atoms with Gasteiger partial charge in [-0.3, -0.25) is 4.90 Å². The van der Waals surface area contributed by atoms with Crippen molar-refractivity contribution in [2.24, 2.45) is 5.92 Å². The molecule has 0 unspecified atom stereocenters. The highest BCUT2D eigenvalue weighted by Gasteiger charge is 2.26. The van der Waals surface area contributed by atoms with Crippen molar-refractivity contribution in [1.29, 1.82) is 0 Å². The third kappa shape index (κ3) is 2.63. The van der Waals surface area contributed by atoms with Crippen LogP contribution in [0.1, 0.15) is 5.56 Å². The molecule has 0 bridgehead atoms. The highest BCUT2D eigenvalue weighted by molar-refractivity contribution is 6.30. The third-order valence-electron chi connectivity index (χ3n) is 2.66. The molecule has 1 saturated heterocycles. The van der Waals surface area contributed by atoms with Crippen LogP contribution in [-0.4, -0.2) is 23.9 Å². The van der Waals surface area contributed by atoms with E-state index in [1.54, 1.807) is 12.1 Å². The van der Waals surface area contributed by atoms with E-state index in [-0.39, 0.29) is 5.82 Å². The predicted octanol–water partition coefficient (Wildman–Crippen LogP) is 3.15. The van der Waals surface area contributed by atoms with Crippen molar-refractivity contribution >= 4 is 23.2 Å². The monoisotopic (exact) mass is 247 g/mol. The first-order valence-electron chi connectivity index (χ1n) is 4.91. The van der Waals surface area contributed by atoms with Crippen LogP contribution in [0.25, 0.3) is 0 Å². The summed E-state index contributed by atoms with van der Waals surface area (Å²) in [5.74, 6) is 1.04. The smallest absolute Gasteiger partial charge is 0.129 e. The Labute approximate surface area is 98.8 Å². The fourth-order valence-electron chi connectivity index (χ4n) is 1.79. The van der Waals surface area contributed by atoms with Crippen molar-refractivity contribution in [2.75, 3.05) is 19.0 Å². The lowest BCUT2D eigenvalue weighted by Crippen LogP contribution is -2.46. The average molecular weight is 248 g/mol. The van der Waals surface area contributed by atoms with Gasteiger partial charge in [-0.2, -0.15) is 0 Å². The summed E-state index contributed by atoms with van der Waals surface area (Å²) in [5.41, 5.74) is 0.701. The fourth-order valence-corrected chi connectivity index (χ4v) is 2.15. The highest BCUT2D eigenvalue weighted by atomic mass is 35.5. The molecule has 1 aliphatic heterocycles. The largest absolute Gasteiger partial charge is 0.298 e. The molecule has 0 aromatic heterocycles. The normalized spacial score (nSPS) is 17.8. The minimum absolute atomic E-state index is 0.225. The Bertz CT molecular complexity index is 350. The second-order valence-electron chi connectivity index (χ2n) is 3.95. The van der Waals surface area contributed by atoms with Crippen molar-refractivity contribution in [1.82, 2.24) is 4.90 Å². The van der Waals surface area contributed by atoms with E-state index in [1.165, 1.54) is 6.07 Å². The van der Waals surface area contributed by atoms with Crippen LogP contribution in [-0.2, 0) is 6.54 Å². The van der Waals surface area contributed by atoms with Crippen molar-refractivity contribution in [3.63, 3.8) is 0 Å². The zero-order valence-electron chi connectivity index (χ0n) is 8.22. The lowest BCUT2D eigenvalue weighted by molar-refractivity contribution is 0.105. The summed E-state index contributed by atoms with van der Waals surface area (Å²) >= 11 is 11.4. The van der Waals surface area contributed by atoms with Crippen molar-refractivity contribution < 1.29 is 4.39 Å². The standard InChI is InChI=1S/C11H12Cl2FN/c12-4-8-5-15(6-8)7-9-1-2-10(13)3-11(9)14/h1-3,8H,4-7H2. The molecule has 0 radical (unpaired) electrons. The first-order chi connectivity index (χ1) is 7.19. The van der Waals surface area contributed by atoms with E-state index in [0.29, 0.717) is 28.9 Å². The lowest BCUT2D eigenvalue weighted by Gasteiger charge is -2.38. The number of benzene rings is 1. The van der Waals surface area contributed by atoms with Gasteiger partial charge < -0.3 is 0 Å². The minimum Gasteiger partial charge on any atom is -0.298 e. The number of rotatable bonds is 3. The van der Waals surface area contributed by atoms with Crippen LogP contribution in [0.5, 0.6) is 0 Å². The topological polar surface area (TPSA) is 3.24 Å². The zero-order valence-corrected chi connectivity index (χ0v) is 9.73. The first kappa shape index (κ1) is 11.2. The van der Waals surface area contributed by atoms with E-state index < -0.39 is 0 Å². The second kappa shape index (κ2) is 4.69. The Hall–Kier alpha value is -0.310. The predicted molar refractivity (Wildman–Crippen MR) is 60.9 cm³/mol. The molecule has 1 nitrogen and oxygen atoms in total. The highest BCUT2D eigenvalue weighted by Crippen LogP contribution is 2.22. The minimum atomic E-state index is -0.225. The van der Waals surface area contributed by atoms with Crippen LogP contribution in [0.2, 0.25) is 5.02 Å². The van der Waals surface area contributed by atoms with Gasteiger partial charge in [0.1, 0.15) is 5.82 Å². The maximum absolute atomic E-state index is 13.4. The Morgan fingerprint density at radius 2 is 2.13 bits per heavy atom. The molecule has 82 valence electrons. The Morgan fingerprint density at radius 3 is 2.73 bits per heavy atom. The number of alkyl halides is 1. The van der Waals surface area contributed by atoms with Gasteiger partial charge in [-0.15, -0.1) is 11.6 Å². The molecule has 0 saturated carbocycles. The van der Waals surface area contributed by atoms with Crippen LogP contribution >= 0.6 is 23.2 Å². The molecule has 1 aliphatic rings. The van der Waals surface area contributed by atoms with Gasteiger partial charge in [0.25, 0.3) is 0 Å². The molecular weight excluding hydrogens is 236 g/mol. The van der Waals surface area contributed by atoms with E-state index in [4.69, 9.17) is 23.2 Å². The number of halogens is 3. The molecule has 0 aliphatic carbocycles. The van der Waals surface area contributed by atoms with Gasteiger partial charge in [-0.25, -0.2) is 4.39 Å². The lowest BCUT2D eigenvalue weighted by atomic mass is 10.0. The van der Waals surface area contributed by atoms with E-state index in [1.807, 2.05) is 0 Å². The Kier molecular flexibility index (Phi) is 3.49. The summed E-state index contributed by atoms with van der Waals surface area (Å²) in [4.78, 5) is 2.18. The molecule has 0 spiro atoms. The molecule has 15 heavy (non-hydrogen) atoms. The molecule has 4 heteroatoms. The van der Waals surface area contributed by atoms with E-state index in [2.05, 4.69) is 4.90 Å². The summed E-state index contributed by atoms with van der Waals surface area (Å²) in [5, 5.41) is 0.443. The number of hydrogen-bond donors (Lipinski definition) is 0. The molecule has 1 aromatic carbocycles. The van der Waals surface area contributed by atoms with Crippen molar-refractivity contribution in [2.45, 2.75) is 6.54 Å². The summed E-state index contributed by atoms with van der Waals surface area (Å²) in [7, 11) is 0. The Balaban J connectivity index is 1.94. The van der Waals surface area contributed by atoms with Gasteiger partial charge in [-0.05, 0) is 18.1 Å². The summed E-state index contributed by atoms with van der Waals surface area (Å²) in [6.07, 6.45) is 0. The molecule has 1 heterocycles. The first-order valence-corrected chi connectivity index (χ1v) is 5.82. The van der Waals surface area contributed by atoms with Gasteiger partial charge >= 0.3 is 0 Å². The quantitative estimate of drug-likeness (QED) is 0.743. The third-order valence-corrected chi connectivity index (χ3v) is 3.33. The molecule has 0 N–H and O–H groups in total. The summed E-state index contributed by atoms with van der Waals surface area (Å²) in [6.45, 7) is 2.58. The molecule has 1 aromatic rings. The Morgan fingerprint density at radius 1 is 1.40 bits per heavy atom. The van der Waals surface area contributed by atoms with Gasteiger partial charge in [0.2, 0.25) is 0 Å². The SMILES string of the molecule is Fc1cc(Cl)ccc1CN1CC(CCl)C1. The number of hydrogen-bond acceptors (Lipinski definition) is 1. The molecule has 0 amide bonds. The molecule has 0 atom stereocenters. The van der Waals surface area contributed by atoms with E-state index >= 15 is 0 Å². The van der Waals surface area contributed by atoms with Crippen molar-refractivity contribution in [3.05, 3.63) is 34.6 Å². The van der Waals surface area contributed by atoms with Crippen LogP contribution in [0.3, 0.4) is 0 Å². The van der Waals surface area contributed by atoms with Crippen LogP contribution < -0.4 is 0 Å². The zero-order chi connectivity index (χ0) is 10.8. The van der Waals surface area contributed by atoms with Crippen molar-refractivity contribution in [3.8, 4) is 0 Å². The van der Waals surface area contributed by atoms with Gasteiger partial charge in [0, 0.05) is 36.1 Å². The number of likely N-dealkylation sites (tertiary alicyclic amines) is 1. The fraction of sp³-hybridized carbons (Fsp3) is 0.455. The maximum Gasteiger partial charge on any atom is 0.129 e. The summed E-state index contributed by atoms with van der Waals surface area (Å²) < 4.78 is 13.4. The van der Waals surface area contributed by atoms with E-state index in [9.17, 15) is 4.39 Å².